The molecule has 0 unspecified atom stereocenters. The lowest BCUT2D eigenvalue weighted by Gasteiger charge is -2.22. The van der Waals surface area contributed by atoms with Crippen LogP contribution in [0, 0.1) is 24.0 Å². The number of hydrazone groups is 1. The lowest BCUT2D eigenvalue weighted by Crippen LogP contribution is -2.29. The number of nitro groups is 1. The summed E-state index contributed by atoms with van der Waals surface area (Å²) in [6.45, 7) is 4.16. The van der Waals surface area contributed by atoms with Crippen LogP contribution in [0.2, 0.25) is 0 Å². The van der Waals surface area contributed by atoms with E-state index < -0.39 is 10.8 Å². The van der Waals surface area contributed by atoms with Crippen molar-refractivity contribution in [2.24, 2.45) is 5.10 Å². The maximum absolute atomic E-state index is 13.8. The molecule has 0 radical (unpaired) electrons. The summed E-state index contributed by atoms with van der Waals surface area (Å²) in [5, 5.41) is 32.0. The molecule has 1 aliphatic rings. The van der Waals surface area contributed by atoms with Gasteiger partial charge in [0.1, 0.15) is 0 Å². The number of hydrogen-bond donors (Lipinski definition) is 1. The standard InChI is InChI=1S/C35H33N7O4S2/c1-23-13-15-26(16-14-23)30-20-28(31-12-7-19-47-31)39-41(30)33(43)22-48-35-38-37-32(40(35)18-17-25-8-4-3-5-9-25)21-36-34(44)27-10-6-11-29(24(27)2)42(45)46/h3-16,19,30H,17-18,20-22H2,1-2H3,(H,36,44)/t30-/m0/s1. The summed E-state index contributed by atoms with van der Waals surface area (Å²) in [6, 6.07) is 26.4. The zero-order valence-electron chi connectivity index (χ0n) is 26.4. The van der Waals surface area contributed by atoms with Crippen molar-refractivity contribution in [3.63, 3.8) is 0 Å². The van der Waals surface area contributed by atoms with Gasteiger partial charge in [0.15, 0.2) is 11.0 Å². The largest absolute Gasteiger partial charge is 0.345 e. The zero-order chi connectivity index (χ0) is 33.6. The maximum atomic E-state index is 13.8. The summed E-state index contributed by atoms with van der Waals surface area (Å²) < 4.78 is 1.91. The molecule has 1 N–H and O–H groups in total. The molecular formula is C35H33N7O4S2. The lowest BCUT2D eigenvalue weighted by atomic mass is 10.00. The van der Waals surface area contributed by atoms with Gasteiger partial charge in [0.2, 0.25) is 0 Å². The average Bonchev–Trinajstić information content (AvgIpc) is 3.86. The van der Waals surface area contributed by atoms with Crippen LogP contribution in [0.5, 0.6) is 0 Å². The molecule has 3 heterocycles. The van der Waals surface area contributed by atoms with Crippen molar-refractivity contribution in [3.8, 4) is 0 Å². The number of hydrogen-bond acceptors (Lipinski definition) is 9. The fourth-order valence-corrected chi connectivity index (χ4v) is 7.12. The number of aryl methyl sites for hydroxylation is 2. The van der Waals surface area contributed by atoms with E-state index in [2.05, 4.69) is 27.6 Å². The number of benzene rings is 3. The first-order chi connectivity index (χ1) is 23.3. The molecule has 11 nitrogen and oxygen atoms in total. The monoisotopic (exact) mass is 679 g/mol. The molecule has 2 aromatic heterocycles. The number of nitrogens with zero attached hydrogens (tertiary/aromatic N) is 6. The van der Waals surface area contributed by atoms with Crippen molar-refractivity contribution in [3.05, 3.63) is 139 Å². The Morgan fingerprint density at radius 2 is 1.79 bits per heavy atom. The minimum Gasteiger partial charge on any atom is -0.345 e. The van der Waals surface area contributed by atoms with Gasteiger partial charge in [-0.25, -0.2) is 5.01 Å². The summed E-state index contributed by atoms with van der Waals surface area (Å²) >= 11 is 2.88. The number of thioether (sulfide) groups is 1. The molecule has 0 saturated carbocycles. The average molecular weight is 680 g/mol. The van der Waals surface area contributed by atoms with Gasteiger partial charge in [-0.2, -0.15) is 5.10 Å². The third-order valence-corrected chi connectivity index (χ3v) is 10.0. The summed E-state index contributed by atoms with van der Waals surface area (Å²) in [6.07, 6.45) is 1.31. The van der Waals surface area contributed by atoms with Crippen LogP contribution in [0.25, 0.3) is 0 Å². The SMILES string of the molecule is Cc1ccc([C@@H]2CC(c3cccs3)=NN2C(=O)CSc2nnc(CNC(=O)c3cccc([N+](=O)[O-])c3C)n2CCc2ccccc2)cc1. The van der Waals surface area contributed by atoms with Crippen molar-refractivity contribution in [1.82, 2.24) is 25.1 Å². The van der Waals surface area contributed by atoms with Crippen molar-refractivity contribution in [2.45, 2.75) is 51.0 Å². The highest BCUT2D eigenvalue weighted by molar-refractivity contribution is 7.99. The summed E-state index contributed by atoms with van der Waals surface area (Å²) in [5.74, 6) is 0.000256. The Bertz CT molecular complexity index is 1960. The number of amides is 2. The van der Waals surface area contributed by atoms with Crippen LogP contribution >= 0.6 is 23.1 Å². The molecule has 13 heteroatoms. The highest BCUT2D eigenvalue weighted by Crippen LogP contribution is 2.35. The van der Waals surface area contributed by atoms with Crippen LogP contribution in [0.4, 0.5) is 5.69 Å². The number of nitro benzene ring substituents is 1. The van der Waals surface area contributed by atoms with E-state index in [9.17, 15) is 19.7 Å². The first kappa shape index (κ1) is 32.8. The molecule has 1 atom stereocenters. The molecule has 0 saturated heterocycles. The molecule has 3 aromatic carbocycles. The van der Waals surface area contributed by atoms with Crippen molar-refractivity contribution in [1.29, 1.82) is 0 Å². The molecule has 244 valence electrons. The van der Waals surface area contributed by atoms with Gasteiger partial charge >= 0.3 is 0 Å². The summed E-state index contributed by atoms with van der Waals surface area (Å²) in [4.78, 5) is 38.8. The van der Waals surface area contributed by atoms with Gasteiger partial charge in [-0.15, -0.1) is 21.5 Å². The topological polar surface area (TPSA) is 136 Å². The van der Waals surface area contributed by atoms with E-state index in [-0.39, 0.29) is 41.1 Å². The number of rotatable bonds is 12. The van der Waals surface area contributed by atoms with Crippen molar-refractivity contribution < 1.29 is 14.5 Å². The Morgan fingerprint density at radius 3 is 2.52 bits per heavy atom. The van der Waals surface area contributed by atoms with E-state index in [0.717, 1.165) is 27.3 Å². The molecular weight excluding hydrogens is 647 g/mol. The Hall–Kier alpha value is -5.14. The van der Waals surface area contributed by atoms with E-state index in [1.165, 1.54) is 23.9 Å². The van der Waals surface area contributed by atoms with Gasteiger partial charge in [0.05, 0.1) is 33.9 Å². The van der Waals surface area contributed by atoms with E-state index in [4.69, 9.17) is 5.10 Å². The van der Waals surface area contributed by atoms with Crippen LogP contribution in [-0.2, 0) is 24.3 Å². The van der Waals surface area contributed by atoms with E-state index in [1.807, 2.05) is 71.5 Å². The highest BCUT2D eigenvalue weighted by atomic mass is 32.2. The minimum atomic E-state index is -0.503. The first-order valence-electron chi connectivity index (χ1n) is 15.4. The Kier molecular flexibility index (Phi) is 10.1. The third-order valence-electron chi connectivity index (χ3n) is 8.17. The number of thiophene rings is 1. The molecule has 0 spiro atoms. The van der Waals surface area contributed by atoms with E-state index in [1.54, 1.807) is 29.3 Å². The second-order valence-electron chi connectivity index (χ2n) is 11.4. The third kappa shape index (κ3) is 7.37. The van der Waals surface area contributed by atoms with E-state index in [0.29, 0.717) is 30.4 Å². The van der Waals surface area contributed by atoms with Crippen LogP contribution in [0.15, 0.2) is 101 Å². The number of carbonyl (C=O) groups excluding carboxylic acids is 2. The molecule has 48 heavy (non-hydrogen) atoms. The van der Waals surface area contributed by atoms with Gasteiger partial charge in [-0.3, -0.25) is 19.7 Å². The summed E-state index contributed by atoms with van der Waals surface area (Å²) in [7, 11) is 0. The van der Waals surface area contributed by atoms with Crippen LogP contribution in [0.1, 0.15) is 55.8 Å². The molecule has 0 bridgehead atoms. The fraction of sp³-hybridized carbons (Fsp3) is 0.229. The number of nitrogens with one attached hydrogen (secondary N) is 1. The van der Waals surface area contributed by atoms with Gasteiger partial charge in [0, 0.05) is 30.2 Å². The second-order valence-corrected chi connectivity index (χ2v) is 13.2. The lowest BCUT2D eigenvalue weighted by molar-refractivity contribution is -0.385. The Labute approximate surface area is 285 Å². The normalized spacial score (nSPS) is 14.2. The molecule has 1 aliphatic heterocycles. The quantitative estimate of drug-likeness (QED) is 0.0903. The van der Waals surface area contributed by atoms with Gasteiger partial charge in [0.25, 0.3) is 17.5 Å². The number of carbonyl (C=O) groups is 2. The fourth-order valence-electron chi connectivity index (χ4n) is 5.56. The van der Waals surface area contributed by atoms with Crippen LogP contribution in [-0.4, -0.2) is 48.0 Å². The predicted molar refractivity (Wildman–Crippen MR) is 186 cm³/mol. The zero-order valence-corrected chi connectivity index (χ0v) is 28.0. The number of aromatic nitrogens is 3. The molecule has 0 fully saturated rings. The predicted octanol–water partition coefficient (Wildman–Crippen LogP) is 6.51. The molecule has 6 rings (SSSR count). The van der Waals surface area contributed by atoms with E-state index >= 15 is 0 Å². The summed E-state index contributed by atoms with van der Waals surface area (Å²) in [5.41, 5.74) is 4.56. The molecule has 5 aromatic rings. The minimum absolute atomic E-state index is 0.0490. The van der Waals surface area contributed by atoms with Crippen LogP contribution in [0.3, 0.4) is 0 Å². The maximum Gasteiger partial charge on any atom is 0.273 e. The molecule has 2 amide bonds. The molecule has 0 aliphatic carbocycles. The van der Waals surface area contributed by atoms with Crippen LogP contribution < -0.4 is 5.32 Å². The smallest absolute Gasteiger partial charge is 0.273 e. The van der Waals surface area contributed by atoms with Gasteiger partial charge in [-0.1, -0.05) is 84.1 Å². The Morgan fingerprint density at radius 1 is 1.00 bits per heavy atom. The Balaban J connectivity index is 1.20. The van der Waals surface area contributed by atoms with Crippen molar-refractivity contribution >= 4 is 46.3 Å². The van der Waals surface area contributed by atoms with Gasteiger partial charge < -0.3 is 9.88 Å². The van der Waals surface area contributed by atoms with Gasteiger partial charge in [-0.05, 0) is 48.9 Å². The highest BCUT2D eigenvalue weighted by Gasteiger charge is 2.33. The first-order valence-corrected chi connectivity index (χ1v) is 17.3. The second kappa shape index (κ2) is 14.7. The van der Waals surface area contributed by atoms with Crippen molar-refractivity contribution in [2.75, 3.05) is 5.75 Å².